The number of aryl methyl sites for hydroxylation is 2. The summed E-state index contributed by atoms with van der Waals surface area (Å²) in [5.41, 5.74) is 15.8. The predicted molar refractivity (Wildman–Crippen MR) is 135 cm³/mol. The van der Waals surface area contributed by atoms with Crippen LogP contribution in [0, 0.1) is 41.5 Å². The summed E-state index contributed by atoms with van der Waals surface area (Å²) in [6.07, 6.45) is 0. The maximum atomic E-state index is 3.65. The van der Waals surface area contributed by atoms with E-state index in [1.54, 1.807) is 0 Å². The van der Waals surface area contributed by atoms with Crippen molar-refractivity contribution >= 4 is 21.8 Å². The van der Waals surface area contributed by atoms with E-state index in [-0.39, 0.29) is 0 Å². The molecule has 154 valence electrons. The summed E-state index contributed by atoms with van der Waals surface area (Å²) in [5.74, 6) is 0. The molecule has 1 heterocycles. The van der Waals surface area contributed by atoms with E-state index in [1.165, 1.54) is 77.4 Å². The Labute approximate surface area is 184 Å². The minimum atomic E-state index is 1.19. The normalized spacial score (nSPS) is 11.5. The van der Waals surface area contributed by atoms with Crippen molar-refractivity contribution in [1.82, 2.24) is 4.98 Å². The zero-order valence-electron chi connectivity index (χ0n) is 19.3. The van der Waals surface area contributed by atoms with Crippen molar-refractivity contribution in [3.05, 3.63) is 94.0 Å². The average molecular weight is 404 g/mol. The topological polar surface area (TPSA) is 15.8 Å². The first kappa shape index (κ1) is 19.6. The van der Waals surface area contributed by atoms with Crippen LogP contribution in [0.4, 0.5) is 0 Å². The van der Waals surface area contributed by atoms with Crippen molar-refractivity contribution < 1.29 is 0 Å². The van der Waals surface area contributed by atoms with Crippen molar-refractivity contribution in [3.63, 3.8) is 0 Å². The Balaban J connectivity index is 1.67. The molecular weight excluding hydrogens is 374 g/mol. The van der Waals surface area contributed by atoms with Gasteiger partial charge < -0.3 is 4.98 Å². The van der Waals surface area contributed by atoms with Gasteiger partial charge in [-0.3, -0.25) is 0 Å². The lowest BCUT2D eigenvalue weighted by atomic mass is 9.92. The molecule has 31 heavy (non-hydrogen) atoms. The first-order chi connectivity index (χ1) is 14.8. The third-order valence-corrected chi connectivity index (χ3v) is 7.34. The van der Waals surface area contributed by atoms with Crippen LogP contribution in [0.2, 0.25) is 0 Å². The number of hydrogen-bond donors (Lipinski definition) is 1. The van der Waals surface area contributed by atoms with Gasteiger partial charge in [-0.25, -0.2) is 0 Å². The molecule has 1 nitrogen and oxygen atoms in total. The molecule has 0 aliphatic rings. The van der Waals surface area contributed by atoms with Crippen LogP contribution >= 0.6 is 0 Å². The summed E-state index contributed by atoms with van der Waals surface area (Å²) in [6.45, 7) is 13.3. The first-order valence-corrected chi connectivity index (χ1v) is 11.0. The molecule has 0 aliphatic carbocycles. The number of nitrogens with one attached hydrogen (secondary N) is 1. The Morgan fingerprint density at radius 1 is 0.452 bits per heavy atom. The summed E-state index contributed by atoms with van der Waals surface area (Å²) >= 11 is 0. The lowest BCUT2D eigenvalue weighted by Crippen LogP contribution is -1.90. The van der Waals surface area contributed by atoms with Gasteiger partial charge in [0.05, 0.1) is 0 Å². The maximum absolute atomic E-state index is 3.65. The largest absolute Gasteiger partial charge is 0.354 e. The molecule has 0 spiro atoms. The number of rotatable bonds is 2. The molecule has 0 amide bonds. The molecule has 0 saturated carbocycles. The van der Waals surface area contributed by atoms with Crippen LogP contribution in [0.3, 0.4) is 0 Å². The van der Waals surface area contributed by atoms with E-state index in [9.17, 15) is 0 Å². The minimum absolute atomic E-state index is 1.19. The van der Waals surface area contributed by atoms with Gasteiger partial charge in [0.2, 0.25) is 0 Å². The molecule has 5 rings (SSSR count). The van der Waals surface area contributed by atoms with Crippen molar-refractivity contribution in [1.29, 1.82) is 0 Å². The van der Waals surface area contributed by atoms with Crippen molar-refractivity contribution in [2.45, 2.75) is 41.5 Å². The number of H-pyrrole nitrogens is 1. The smallest absolute Gasteiger partial charge is 0.0471 e. The zero-order valence-corrected chi connectivity index (χ0v) is 19.3. The Hall–Kier alpha value is -3.32. The molecule has 0 fully saturated rings. The number of aromatic amines is 1. The summed E-state index contributed by atoms with van der Waals surface area (Å²) < 4.78 is 0. The second-order valence-corrected chi connectivity index (χ2v) is 9.01. The van der Waals surface area contributed by atoms with Gasteiger partial charge in [0.1, 0.15) is 0 Å². The fourth-order valence-corrected chi connectivity index (χ4v) is 4.78. The van der Waals surface area contributed by atoms with Crippen molar-refractivity contribution in [3.8, 4) is 22.3 Å². The summed E-state index contributed by atoms with van der Waals surface area (Å²) in [6, 6.07) is 22.6. The standard InChI is InChI=1S/C30H29N/c1-17-7-11-25(21(5)19(17)3)23-10-14-29-28(15-23)27-13-9-24(16-30(27)31-29)26-12-8-18(2)20(4)22(26)6/h7-16,31H,1-6H3. The summed E-state index contributed by atoms with van der Waals surface area (Å²) in [4.78, 5) is 3.65. The van der Waals surface area contributed by atoms with Crippen molar-refractivity contribution in [2.75, 3.05) is 0 Å². The molecule has 0 atom stereocenters. The van der Waals surface area contributed by atoms with E-state index in [0.29, 0.717) is 0 Å². The number of fused-ring (bicyclic) bond motifs is 3. The van der Waals surface area contributed by atoms with Crippen LogP contribution in [0.5, 0.6) is 0 Å². The highest BCUT2D eigenvalue weighted by atomic mass is 14.7. The third-order valence-electron chi connectivity index (χ3n) is 7.34. The highest BCUT2D eigenvalue weighted by Gasteiger charge is 2.12. The molecule has 1 heteroatoms. The Morgan fingerprint density at radius 2 is 1.00 bits per heavy atom. The van der Waals surface area contributed by atoms with Crippen LogP contribution < -0.4 is 0 Å². The Morgan fingerprint density at radius 3 is 1.61 bits per heavy atom. The van der Waals surface area contributed by atoms with Crippen LogP contribution in [0.1, 0.15) is 33.4 Å². The predicted octanol–water partition coefficient (Wildman–Crippen LogP) is 8.51. The molecule has 0 unspecified atom stereocenters. The maximum Gasteiger partial charge on any atom is 0.0471 e. The fourth-order valence-electron chi connectivity index (χ4n) is 4.78. The van der Waals surface area contributed by atoms with E-state index < -0.39 is 0 Å². The molecule has 0 saturated heterocycles. The molecule has 1 N–H and O–H groups in total. The van der Waals surface area contributed by atoms with E-state index in [4.69, 9.17) is 0 Å². The summed E-state index contributed by atoms with van der Waals surface area (Å²) in [5, 5.41) is 2.57. The van der Waals surface area contributed by atoms with Gasteiger partial charge in [-0.2, -0.15) is 0 Å². The molecular formula is C30H29N. The monoisotopic (exact) mass is 403 g/mol. The molecule has 5 aromatic rings. The Bertz CT molecular complexity index is 1480. The number of benzene rings is 4. The van der Waals surface area contributed by atoms with Gasteiger partial charge in [0, 0.05) is 21.8 Å². The van der Waals surface area contributed by atoms with Crippen LogP contribution in [0.25, 0.3) is 44.1 Å². The van der Waals surface area contributed by atoms with Gasteiger partial charge in [0.25, 0.3) is 0 Å². The minimum Gasteiger partial charge on any atom is -0.354 e. The second-order valence-electron chi connectivity index (χ2n) is 9.01. The molecule has 0 bridgehead atoms. The molecule has 1 aromatic heterocycles. The lowest BCUT2D eigenvalue weighted by Gasteiger charge is -2.12. The summed E-state index contributed by atoms with van der Waals surface area (Å²) in [7, 11) is 0. The van der Waals surface area contributed by atoms with E-state index in [2.05, 4.69) is 107 Å². The number of hydrogen-bond acceptors (Lipinski definition) is 0. The zero-order chi connectivity index (χ0) is 21.9. The van der Waals surface area contributed by atoms with Crippen LogP contribution in [0.15, 0.2) is 60.7 Å². The van der Waals surface area contributed by atoms with Gasteiger partial charge >= 0.3 is 0 Å². The lowest BCUT2D eigenvalue weighted by molar-refractivity contribution is 1.27. The third kappa shape index (κ3) is 3.08. The van der Waals surface area contributed by atoms with Gasteiger partial charge in [-0.05, 0) is 115 Å². The van der Waals surface area contributed by atoms with Crippen molar-refractivity contribution in [2.24, 2.45) is 0 Å². The van der Waals surface area contributed by atoms with Crippen LogP contribution in [-0.4, -0.2) is 4.98 Å². The van der Waals surface area contributed by atoms with Crippen LogP contribution in [-0.2, 0) is 0 Å². The van der Waals surface area contributed by atoms with E-state index in [1.807, 2.05) is 0 Å². The van der Waals surface area contributed by atoms with Gasteiger partial charge in [0.15, 0.2) is 0 Å². The van der Waals surface area contributed by atoms with E-state index >= 15 is 0 Å². The van der Waals surface area contributed by atoms with Gasteiger partial charge in [-0.1, -0.05) is 42.5 Å². The highest BCUT2D eigenvalue weighted by molar-refractivity contribution is 6.09. The number of aromatic nitrogens is 1. The Kier molecular flexibility index (Phi) is 4.51. The first-order valence-electron chi connectivity index (χ1n) is 11.0. The molecule has 0 radical (unpaired) electrons. The quantitative estimate of drug-likeness (QED) is 0.304. The fraction of sp³-hybridized carbons (Fsp3) is 0.200. The van der Waals surface area contributed by atoms with E-state index in [0.717, 1.165) is 0 Å². The molecule has 0 aliphatic heterocycles. The second kappa shape index (κ2) is 7.13. The highest BCUT2D eigenvalue weighted by Crippen LogP contribution is 2.35. The average Bonchev–Trinajstić information content (AvgIpc) is 3.13. The molecule has 4 aromatic carbocycles. The van der Waals surface area contributed by atoms with Gasteiger partial charge in [-0.15, -0.1) is 0 Å². The SMILES string of the molecule is Cc1ccc(-c2ccc3c(c2)[nH]c2ccc(-c4ccc(C)c(C)c4C)cc23)c(C)c1C.